The van der Waals surface area contributed by atoms with Crippen LogP contribution in [0.15, 0.2) is 18.2 Å². The Morgan fingerprint density at radius 1 is 1.47 bits per heavy atom. The molecule has 0 aromatic heterocycles. The van der Waals surface area contributed by atoms with Crippen molar-refractivity contribution in [1.82, 2.24) is 5.32 Å². The maximum absolute atomic E-state index is 12.0. The molecule has 0 bridgehead atoms. The molecule has 1 aromatic rings. The van der Waals surface area contributed by atoms with Crippen molar-refractivity contribution in [2.45, 2.75) is 32.2 Å². The number of hydrogen-bond donors (Lipinski definition) is 2. The van der Waals surface area contributed by atoms with Gasteiger partial charge < -0.3 is 10.6 Å². The molecule has 1 atom stereocenters. The zero-order valence-corrected chi connectivity index (χ0v) is 10.8. The number of nitrogens with one attached hydrogen (secondary N) is 2. The van der Waals surface area contributed by atoms with Crippen LogP contribution in [-0.2, 0) is 4.79 Å². The third kappa shape index (κ3) is 3.29. The van der Waals surface area contributed by atoms with Crippen molar-refractivity contribution in [2.24, 2.45) is 0 Å². The summed E-state index contributed by atoms with van der Waals surface area (Å²) in [7, 11) is 0. The third-order valence-corrected chi connectivity index (χ3v) is 3.23. The van der Waals surface area contributed by atoms with Gasteiger partial charge in [0.1, 0.15) is 5.69 Å². The van der Waals surface area contributed by atoms with Gasteiger partial charge in [-0.15, -0.1) is 0 Å². The molecule has 0 saturated carbocycles. The largest absolute Gasteiger partial charge is 0.319 e. The van der Waals surface area contributed by atoms with Crippen molar-refractivity contribution in [1.29, 1.82) is 0 Å². The predicted octanol–water partition coefficient (Wildman–Crippen LogP) is 1.98. The lowest BCUT2D eigenvalue weighted by atomic mass is 10.0. The molecule has 0 spiro atoms. The lowest BCUT2D eigenvalue weighted by Crippen LogP contribution is -2.43. The van der Waals surface area contributed by atoms with Gasteiger partial charge in [-0.3, -0.25) is 14.9 Å². The molecule has 1 amide bonds. The summed E-state index contributed by atoms with van der Waals surface area (Å²) in [4.78, 5) is 22.5. The zero-order chi connectivity index (χ0) is 13.8. The Morgan fingerprint density at radius 2 is 2.26 bits per heavy atom. The Labute approximate surface area is 111 Å². The number of benzene rings is 1. The highest BCUT2D eigenvalue weighted by molar-refractivity contribution is 5.96. The van der Waals surface area contributed by atoms with Gasteiger partial charge in [0.05, 0.1) is 11.0 Å². The van der Waals surface area contributed by atoms with Crippen LogP contribution >= 0.6 is 0 Å². The Kier molecular flexibility index (Phi) is 4.11. The number of carbonyl (C=O) groups excluding carboxylic acids is 1. The average Bonchev–Trinajstić information content (AvgIpc) is 2.41. The van der Waals surface area contributed by atoms with E-state index in [-0.39, 0.29) is 23.3 Å². The van der Waals surface area contributed by atoms with Gasteiger partial charge in [-0.25, -0.2) is 0 Å². The number of nitro groups is 1. The number of piperidine rings is 1. The van der Waals surface area contributed by atoms with Crippen LogP contribution in [0.1, 0.15) is 24.8 Å². The van der Waals surface area contributed by atoms with Gasteiger partial charge in [0.15, 0.2) is 0 Å². The van der Waals surface area contributed by atoms with Crippen molar-refractivity contribution in [2.75, 3.05) is 11.9 Å². The molecule has 0 aliphatic carbocycles. The summed E-state index contributed by atoms with van der Waals surface area (Å²) in [5, 5.41) is 16.7. The number of nitro benzene ring substituents is 1. The van der Waals surface area contributed by atoms with Crippen LogP contribution in [0.3, 0.4) is 0 Å². The number of aryl methyl sites for hydroxylation is 1. The number of anilines is 1. The standard InChI is InChI=1S/C13H17N3O3/c1-9-5-6-10(12(8-9)16(18)19)15-13(17)11-4-2-3-7-14-11/h5-6,8,11,14H,2-4,7H2,1H3,(H,15,17)/t11-/m1/s1. The van der Waals surface area contributed by atoms with Crippen molar-refractivity contribution in [3.8, 4) is 0 Å². The molecule has 2 N–H and O–H groups in total. The molecule has 2 rings (SSSR count). The van der Waals surface area contributed by atoms with Gasteiger partial charge in [-0.1, -0.05) is 12.5 Å². The normalized spacial score (nSPS) is 18.9. The van der Waals surface area contributed by atoms with Crippen molar-refractivity contribution >= 4 is 17.3 Å². The SMILES string of the molecule is Cc1ccc(NC(=O)[C@H]2CCCCN2)c([N+](=O)[O-])c1. The smallest absolute Gasteiger partial charge is 0.293 e. The summed E-state index contributed by atoms with van der Waals surface area (Å²) in [5.41, 5.74) is 0.984. The topological polar surface area (TPSA) is 84.3 Å². The Bertz CT molecular complexity index is 496. The molecule has 1 aromatic carbocycles. The van der Waals surface area contributed by atoms with Gasteiger partial charge in [-0.05, 0) is 37.9 Å². The van der Waals surface area contributed by atoms with Gasteiger partial charge in [-0.2, -0.15) is 0 Å². The quantitative estimate of drug-likeness (QED) is 0.645. The van der Waals surface area contributed by atoms with Crippen LogP contribution in [0.2, 0.25) is 0 Å². The number of rotatable bonds is 3. The molecule has 1 saturated heterocycles. The van der Waals surface area contributed by atoms with E-state index in [0.29, 0.717) is 0 Å². The van der Waals surface area contributed by atoms with Crippen LogP contribution in [0, 0.1) is 17.0 Å². The molecule has 6 nitrogen and oxygen atoms in total. The molecule has 1 aliphatic rings. The fourth-order valence-electron chi connectivity index (χ4n) is 2.19. The van der Waals surface area contributed by atoms with Crippen molar-refractivity contribution < 1.29 is 9.72 Å². The van der Waals surface area contributed by atoms with Gasteiger partial charge in [0.2, 0.25) is 5.91 Å². The zero-order valence-electron chi connectivity index (χ0n) is 10.8. The van der Waals surface area contributed by atoms with Gasteiger partial charge >= 0.3 is 0 Å². The minimum Gasteiger partial charge on any atom is -0.319 e. The molecular formula is C13H17N3O3. The maximum Gasteiger partial charge on any atom is 0.293 e. The van der Waals surface area contributed by atoms with E-state index in [4.69, 9.17) is 0 Å². The minimum absolute atomic E-state index is 0.0656. The predicted molar refractivity (Wildman–Crippen MR) is 72.1 cm³/mol. The van der Waals surface area contributed by atoms with E-state index in [1.807, 2.05) is 0 Å². The van der Waals surface area contributed by atoms with E-state index in [2.05, 4.69) is 10.6 Å². The first-order valence-electron chi connectivity index (χ1n) is 6.37. The van der Waals surface area contributed by atoms with Crippen LogP contribution in [0.4, 0.5) is 11.4 Å². The summed E-state index contributed by atoms with van der Waals surface area (Å²) < 4.78 is 0. The first-order valence-corrected chi connectivity index (χ1v) is 6.37. The molecule has 6 heteroatoms. The minimum atomic E-state index is -0.475. The Hall–Kier alpha value is -1.95. The van der Waals surface area contributed by atoms with Gasteiger partial charge in [0.25, 0.3) is 5.69 Å². The second-order valence-corrected chi connectivity index (χ2v) is 4.77. The molecule has 1 aliphatic heterocycles. The lowest BCUT2D eigenvalue weighted by molar-refractivity contribution is -0.384. The molecule has 1 fully saturated rings. The summed E-state index contributed by atoms with van der Waals surface area (Å²) in [6.07, 6.45) is 2.83. The monoisotopic (exact) mass is 263 g/mol. The second-order valence-electron chi connectivity index (χ2n) is 4.77. The van der Waals surface area contributed by atoms with E-state index in [1.165, 1.54) is 6.07 Å². The highest BCUT2D eigenvalue weighted by Crippen LogP contribution is 2.25. The van der Waals surface area contributed by atoms with E-state index in [1.54, 1.807) is 19.1 Å². The van der Waals surface area contributed by atoms with Crippen molar-refractivity contribution in [3.63, 3.8) is 0 Å². The summed E-state index contributed by atoms with van der Waals surface area (Å²) in [6.45, 7) is 2.59. The third-order valence-electron chi connectivity index (χ3n) is 3.23. The molecule has 0 radical (unpaired) electrons. The number of hydrogen-bond acceptors (Lipinski definition) is 4. The number of amides is 1. The maximum atomic E-state index is 12.0. The highest BCUT2D eigenvalue weighted by atomic mass is 16.6. The molecule has 19 heavy (non-hydrogen) atoms. The molecule has 1 heterocycles. The number of nitrogens with zero attached hydrogens (tertiary/aromatic N) is 1. The summed E-state index contributed by atoms with van der Waals surface area (Å²) in [6, 6.07) is 4.53. The van der Waals surface area contributed by atoms with Crippen molar-refractivity contribution in [3.05, 3.63) is 33.9 Å². The van der Waals surface area contributed by atoms with E-state index in [0.717, 1.165) is 31.4 Å². The highest BCUT2D eigenvalue weighted by Gasteiger charge is 2.23. The Balaban J connectivity index is 2.13. The van der Waals surface area contributed by atoms with E-state index in [9.17, 15) is 14.9 Å². The molecular weight excluding hydrogens is 246 g/mol. The van der Waals surface area contributed by atoms with Gasteiger partial charge in [0, 0.05) is 6.07 Å². The number of carbonyl (C=O) groups is 1. The Morgan fingerprint density at radius 3 is 2.89 bits per heavy atom. The second kappa shape index (κ2) is 5.79. The molecule has 0 unspecified atom stereocenters. The van der Waals surface area contributed by atoms with Crippen LogP contribution in [0.5, 0.6) is 0 Å². The van der Waals surface area contributed by atoms with Crippen LogP contribution in [-0.4, -0.2) is 23.4 Å². The molecule has 102 valence electrons. The van der Waals surface area contributed by atoms with Crippen LogP contribution in [0.25, 0.3) is 0 Å². The van der Waals surface area contributed by atoms with Crippen LogP contribution < -0.4 is 10.6 Å². The average molecular weight is 263 g/mol. The summed E-state index contributed by atoms with van der Waals surface area (Å²) in [5.74, 6) is -0.202. The summed E-state index contributed by atoms with van der Waals surface area (Å²) >= 11 is 0. The first-order chi connectivity index (χ1) is 9.08. The fourth-order valence-corrected chi connectivity index (χ4v) is 2.19. The first kappa shape index (κ1) is 13.5. The van der Waals surface area contributed by atoms with E-state index >= 15 is 0 Å². The van der Waals surface area contributed by atoms with E-state index < -0.39 is 4.92 Å². The fraction of sp³-hybridized carbons (Fsp3) is 0.462. The lowest BCUT2D eigenvalue weighted by Gasteiger charge is -2.22.